The maximum absolute atomic E-state index is 5.77. The number of hydrogen-bond donors (Lipinski definition) is 3. The average Bonchev–Trinajstić information content (AvgIpc) is 3.05. The van der Waals surface area contributed by atoms with Gasteiger partial charge >= 0.3 is 0 Å². The van der Waals surface area contributed by atoms with Crippen molar-refractivity contribution in [2.45, 2.75) is 13.5 Å². The normalized spacial score (nSPS) is 10.9. The lowest BCUT2D eigenvalue weighted by Crippen LogP contribution is -2.02. The van der Waals surface area contributed by atoms with Crippen LogP contribution in [0.25, 0.3) is 22.3 Å². The smallest absolute Gasteiger partial charge is 0.143 e. The highest BCUT2D eigenvalue weighted by atomic mass is 15.0. The third-order valence-corrected chi connectivity index (χ3v) is 4.19. The number of nitrogens with one attached hydrogen (secondary N) is 2. The number of aromatic amines is 1. The Bertz CT molecular complexity index is 1020. The lowest BCUT2D eigenvalue weighted by molar-refractivity contribution is 1.10. The van der Waals surface area contributed by atoms with E-state index in [0.717, 1.165) is 40.3 Å². The first-order valence-electron chi connectivity index (χ1n) is 8.18. The zero-order chi connectivity index (χ0) is 17.2. The number of benzene rings is 2. The zero-order valence-electron chi connectivity index (χ0n) is 14.0. The lowest BCUT2D eigenvalue weighted by Gasteiger charge is -2.07. The number of aryl methyl sites for hydroxylation is 1. The number of rotatable bonds is 4. The summed E-state index contributed by atoms with van der Waals surface area (Å²) in [6, 6.07) is 18.3. The van der Waals surface area contributed by atoms with Gasteiger partial charge in [-0.1, -0.05) is 42.0 Å². The maximum Gasteiger partial charge on any atom is 0.143 e. The summed E-state index contributed by atoms with van der Waals surface area (Å²) >= 11 is 0. The number of nitrogens with two attached hydrogens (primary N) is 1. The van der Waals surface area contributed by atoms with Crippen molar-refractivity contribution >= 4 is 22.5 Å². The molecule has 0 atom stereocenters. The highest BCUT2D eigenvalue weighted by Crippen LogP contribution is 2.27. The van der Waals surface area contributed by atoms with Crippen LogP contribution in [0.3, 0.4) is 0 Å². The fourth-order valence-electron chi connectivity index (χ4n) is 2.91. The Morgan fingerprint density at radius 1 is 1.04 bits per heavy atom. The Balaban J connectivity index is 1.64. The predicted molar refractivity (Wildman–Crippen MR) is 102 cm³/mol. The number of nitrogens with zero attached hydrogens (tertiary/aromatic N) is 2. The highest BCUT2D eigenvalue weighted by molar-refractivity contribution is 5.91. The van der Waals surface area contributed by atoms with Crippen molar-refractivity contribution in [1.29, 1.82) is 0 Å². The lowest BCUT2D eigenvalue weighted by atomic mass is 10.1. The van der Waals surface area contributed by atoms with Gasteiger partial charge < -0.3 is 16.0 Å². The quantitative estimate of drug-likeness (QED) is 0.492. The summed E-state index contributed by atoms with van der Waals surface area (Å²) in [4.78, 5) is 12.1. The molecule has 0 aliphatic rings. The molecule has 0 aliphatic carbocycles. The molecule has 0 radical (unpaired) electrons. The first-order valence-corrected chi connectivity index (χ1v) is 8.18. The Hall–Kier alpha value is -3.34. The SMILES string of the molecule is Cc1cccc(CNc2ncnc3[nH]c(-c4ccc(N)cc4)cc23)c1. The second-order valence-electron chi connectivity index (χ2n) is 6.13. The summed E-state index contributed by atoms with van der Waals surface area (Å²) in [5.41, 5.74) is 11.9. The van der Waals surface area contributed by atoms with E-state index in [4.69, 9.17) is 5.73 Å². The van der Waals surface area contributed by atoms with E-state index < -0.39 is 0 Å². The molecule has 0 saturated heterocycles. The van der Waals surface area contributed by atoms with Gasteiger partial charge in [-0.15, -0.1) is 0 Å². The van der Waals surface area contributed by atoms with E-state index in [-0.39, 0.29) is 0 Å². The summed E-state index contributed by atoms with van der Waals surface area (Å²) in [5.74, 6) is 0.824. The maximum atomic E-state index is 5.77. The van der Waals surface area contributed by atoms with E-state index in [9.17, 15) is 0 Å². The second kappa shape index (κ2) is 6.28. The van der Waals surface area contributed by atoms with Gasteiger partial charge in [0.25, 0.3) is 0 Å². The van der Waals surface area contributed by atoms with Gasteiger partial charge in [0.1, 0.15) is 17.8 Å². The predicted octanol–water partition coefficient (Wildman–Crippen LogP) is 4.13. The van der Waals surface area contributed by atoms with Crippen molar-refractivity contribution in [2.24, 2.45) is 0 Å². The molecule has 0 fully saturated rings. The molecule has 2 heterocycles. The summed E-state index contributed by atoms with van der Waals surface area (Å²) in [5, 5.41) is 4.39. The van der Waals surface area contributed by atoms with Gasteiger partial charge in [-0.05, 0) is 36.2 Å². The first kappa shape index (κ1) is 15.2. The van der Waals surface area contributed by atoms with Gasteiger partial charge in [-0.25, -0.2) is 9.97 Å². The summed E-state index contributed by atoms with van der Waals surface area (Å²) in [6.07, 6.45) is 1.57. The van der Waals surface area contributed by atoms with Crippen LogP contribution >= 0.6 is 0 Å². The molecule has 4 rings (SSSR count). The van der Waals surface area contributed by atoms with Gasteiger partial charge in [0, 0.05) is 17.9 Å². The standard InChI is InChI=1S/C20H19N5/c1-13-3-2-4-14(9-13)11-22-19-17-10-18(25-20(17)24-12-23-19)15-5-7-16(21)8-6-15/h2-10,12H,11,21H2,1H3,(H2,22,23,24,25). The molecule has 0 amide bonds. The van der Waals surface area contributed by atoms with Crippen LogP contribution in [0.5, 0.6) is 0 Å². The summed E-state index contributed by atoms with van der Waals surface area (Å²) in [6.45, 7) is 2.81. The number of H-pyrrole nitrogens is 1. The van der Waals surface area contributed by atoms with Crippen LogP contribution in [-0.2, 0) is 6.54 Å². The average molecular weight is 329 g/mol. The van der Waals surface area contributed by atoms with Crippen LogP contribution in [0.2, 0.25) is 0 Å². The van der Waals surface area contributed by atoms with Crippen molar-refractivity contribution in [1.82, 2.24) is 15.0 Å². The topological polar surface area (TPSA) is 79.6 Å². The molecule has 124 valence electrons. The molecule has 4 aromatic rings. The van der Waals surface area contributed by atoms with Crippen molar-refractivity contribution < 1.29 is 0 Å². The fraction of sp³-hybridized carbons (Fsp3) is 0.100. The number of anilines is 2. The van der Waals surface area contributed by atoms with E-state index in [1.54, 1.807) is 6.33 Å². The van der Waals surface area contributed by atoms with Gasteiger partial charge in [0.15, 0.2) is 0 Å². The molecule has 25 heavy (non-hydrogen) atoms. The van der Waals surface area contributed by atoms with Gasteiger partial charge in [0.2, 0.25) is 0 Å². The van der Waals surface area contributed by atoms with Crippen LogP contribution in [0, 0.1) is 6.92 Å². The molecular weight excluding hydrogens is 310 g/mol. The van der Waals surface area contributed by atoms with E-state index in [1.165, 1.54) is 11.1 Å². The molecule has 4 N–H and O–H groups in total. The minimum Gasteiger partial charge on any atom is -0.399 e. The number of fused-ring (bicyclic) bond motifs is 1. The summed E-state index contributed by atoms with van der Waals surface area (Å²) < 4.78 is 0. The molecule has 0 saturated carbocycles. The van der Waals surface area contributed by atoms with Crippen LogP contribution in [0.1, 0.15) is 11.1 Å². The highest BCUT2D eigenvalue weighted by Gasteiger charge is 2.09. The second-order valence-corrected chi connectivity index (χ2v) is 6.13. The molecule has 5 heteroatoms. The van der Waals surface area contributed by atoms with Crippen LogP contribution in [0.4, 0.5) is 11.5 Å². The largest absolute Gasteiger partial charge is 0.399 e. The Kier molecular flexibility index (Phi) is 3.82. The minimum absolute atomic E-state index is 0.718. The third-order valence-electron chi connectivity index (χ3n) is 4.19. The molecule has 2 aromatic heterocycles. The molecule has 0 bridgehead atoms. The number of aromatic nitrogens is 3. The minimum atomic E-state index is 0.718. The molecule has 0 aliphatic heterocycles. The van der Waals surface area contributed by atoms with Gasteiger partial charge in [-0.2, -0.15) is 0 Å². The first-order chi connectivity index (χ1) is 12.2. The Morgan fingerprint density at radius 2 is 1.88 bits per heavy atom. The zero-order valence-corrected chi connectivity index (χ0v) is 14.0. The van der Waals surface area contributed by atoms with E-state index in [1.807, 2.05) is 24.3 Å². The van der Waals surface area contributed by atoms with Crippen molar-refractivity contribution in [3.63, 3.8) is 0 Å². The third kappa shape index (κ3) is 3.17. The van der Waals surface area contributed by atoms with E-state index in [2.05, 4.69) is 57.5 Å². The fourth-order valence-corrected chi connectivity index (χ4v) is 2.91. The van der Waals surface area contributed by atoms with Gasteiger partial charge in [-0.3, -0.25) is 0 Å². The molecule has 2 aromatic carbocycles. The van der Waals surface area contributed by atoms with E-state index in [0.29, 0.717) is 0 Å². The van der Waals surface area contributed by atoms with E-state index >= 15 is 0 Å². The molecule has 5 nitrogen and oxygen atoms in total. The molecule has 0 unspecified atom stereocenters. The van der Waals surface area contributed by atoms with Crippen molar-refractivity contribution in [2.75, 3.05) is 11.1 Å². The van der Waals surface area contributed by atoms with Gasteiger partial charge in [0.05, 0.1) is 5.39 Å². The number of nitrogen functional groups attached to an aromatic ring is 1. The molecule has 0 spiro atoms. The number of hydrogen-bond acceptors (Lipinski definition) is 4. The Labute approximate surface area is 145 Å². The van der Waals surface area contributed by atoms with Crippen molar-refractivity contribution in [3.05, 3.63) is 72.1 Å². The summed E-state index contributed by atoms with van der Waals surface area (Å²) in [7, 11) is 0. The van der Waals surface area contributed by atoms with Crippen molar-refractivity contribution in [3.8, 4) is 11.3 Å². The van der Waals surface area contributed by atoms with Crippen LogP contribution in [-0.4, -0.2) is 15.0 Å². The Morgan fingerprint density at radius 3 is 2.68 bits per heavy atom. The van der Waals surface area contributed by atoms with Crippen LogP contribution in [0.15, 0.2) is 60.9 Å². The van der Waals surface area contributed by atoms with Crippen LogP contribution < -0.4 is 11.1 Å². The molecular formula is C20H19N5. The monoisotopic (exact) mass is 329 g/mol.